The Bertz CT molecular complexity index is 513. The predicted molar refractivity (Wildman–Crippen MR) is 109 cm³/mol. The molecule has 0 spiro atoms. The molecule has 0 aliphatic carbocycles. The molecule has 0 saturated carbocycles. The predicted octanol–water partition coefficient (Wildman–Crippen LogP) is 6.40. The summed E-state index contributed by atoms with van der Waals surface area (Å²) in [6.45, 7) is 2.22. The maximum atomic E-state index is 10.8. The lowest BCUT2D eigenvalue weighted by atomic mass is 10.2. The van der Waals surface area contributed by atoms with Gasteiger partial charge in [-0.15, -0.1) is 0 Å². The molecule has 0 N–H and O–H groups in total. The normalized spacial score (nSPS) is 12.9. The summed E-state index contributed by atoms with van der Waals surface area (Å²) in [4.78, 5) is 20.5. The second-order valence-electron chi connectivity index (χ2n) is 5.92. The molecule has 26 heavy (non-hydrogen) atoms. The standard InChI is InChI=1S/C22H32NO3/c1-2-3-4-5-6-7-8-9-10-11-12-13-14-15-16-17-19-22(23(25)26)20-18-21-24/h6-7,9-10,12-13,15-16,19H,2-5,8,11,14,17-18,20H2,1H3/b7-6-,10-9-,13-12-,16-15-,22-19+. The molecule has 0 bridgehead atoms. The van der Waals surface area contributed by atoms with Crippen LogP contribution in [0, 0.1) is 10.1 Å². The van der Waals surface area contributed by atoms with Gasteiger partial charge in [0.25, 0.3) is 0 Å². The molecule has 0 unspecified atom stereocenters. The van der Waals surface area contributed by atoms with Crippen LogP contribution in [-0.4, -0.2) is 11.2 Å². The highest BCUT2D eigenvalue weighted by atomic mass is 16.6. The zero-order valence-corrected chi connectivity index (χ0v) is 15.9. The molecule has 1 radical (unpaired) electrons. The fourth-order valence-corrected chi connectivity index (χ4v) is 2.19. The Labute approximate surface area is 158 Å². The van der Waals surface area contributed by atoms with Crippen molar-refractivity contribution in [3.63, 3.8) is 0 Å². The Morgan fingerprint density at radius 3 is 1.92 bits per heavy atom. The third kappa shape index (κ3) is 16.6. The molecular formula is C22H32NO3. The fourth-order valence-electron chi connectivity index (χ4n) is 2.19. The minimum Gasteiger partial charge on any atom is -0.291 e. The molecule has 0 atom stereocenters. The number of carbonyl (C=O) groups excluding carboxylic acids is 1. The molecule has 0 saturated heterocycles. The lowest BCUT2D eigenvalue weighted by Crippen LogP contribution is -1.98. The Balaban J connectivity index is 3.79. The van der Waals surface area contributed by atoms with Gasteiger partial charge in [0.2, 0.25) is 5.70 Å². The lowest BCUT2D eigenvalue weighted by molar-refractivity contribution is -0.428. The van der Waals surface area contributed by atoms with Crippen LogP contribution >= 0.6 is 0 Å². The fraction of sp³-hybridized carbons (Fsp3) is 0.500. The molecular weight excluding hydrogens is 326 g/mol. The van der Waals surface area contributed by atoms with Crippen molar-refractivity contribution in [1.82, 2.24) is 0 Å². The van der Waals surface area contributed by atoms with E-state index < -0.39 is 4.92 Å². The van der Waals surface area contributed by atoms with Crippen molar-refractivity contribution in [2.24, 2.45) is 0 Å². The van der Waals surface area contributed by atoms with Gasteiger partial charge in [-0.2, -0.15) is 0 Å². The van der Waals surface area contributed by atoms with Crippen molar-refractivity contribution in [3.05, 3.63) is 70.5 Å². The average molecular weight is 359 g/mol. The second kappa shape index (κ2) is 19.1. The van der Waals surface area contributed by atoms with Crippen LogP contribution in [0.3, 0.4) is 0 Å². The number of allylic oxidation sites excluding steroid dienone is 10. The molecule has 0 rings (SSSR count). The van der Waals surface area contributed by atoms with E-state index in [-0.39, 0.29) is 18.5 Å². The van der Waals surface area contributed by atoms with Crippen molar-refractivity contribution in [2.45, 2.75) is 71.1 Å². The van der Waals surface area contributed by atoms with Gasteiger partial charge in [0.1, 0.15) is 0 Å². The molecule has 4 heteroatoms. The van der Waals surface area contributed by atoms with Crippen LogP contribution in [0.15, 0.2) is 60.4 Å². The van der Waals surface area contributed by atoms with Gasteiger partial charge in [0.05, 0.1) is 4.92 Å². The number of nitrogens with zero attached hydrogens (tertiary/aromatic N) is 1. The maximum Gasteiger partial charge on any atom is 0.243 e. The number of unbranched alkanes of at least 4 members (excludes halogenated alkanes) is 3. The Hall–Kier alpha value is -2.23. The van der Waals surface area contributed by atoms with E-state index in [9.17, 15) is 14.9 Å². The summed E-state index contributed by atoms with van der Waals surface area (Å²) in [6.07, 6.45) is 28.6. The molecule has 0 aromatic rings. The van der Waals surface area contributed by atoms with Crippen molar-refractivity contribution >= 4 is 6.29 Å². The van der Waals surface area contributed by atoms with Crippen LogP contribution in [0.4, 0.5) is 0 Å². The Morgan fingerprint density at radius 1 is 0.885 bits per heavy atom. The van der Waals surface area contributed by atoms with Gasteiger partial charge >= 0.3 is 0 Å². The summed E-state index contributed by atoms with van der Waals surface area (Å²) >= 11 is 0. The minimum atomic E-state index is -0.433. The number of nitro groups is 1. The Morgan fingerprint density at radius 2 is 1.42 bits per heavy atom. The number of rotatable bonds is 16. The van der Waals surface area contributed by atoms with Gasteiger partial charge in [-0.05, 0) is 44.6 Å². The highest BCUT2D eigenvalue weighted by Crippen LogP contribution is 2.06. The summed E-state index contributed by atoms with van der Waals surface area (Å²) < 4.78 is 0. The van der Waals surface area contributed by atoms with Crippen molar-refractivity contribution < 1.29 is 9.72 Å². The minimum absolute atomic E-state index is 0.0709. The molecule has 0 fully saturated rings. The van der Waals surface area contributed by atoms with E-state index in [2.05, 4.69) is 43.4 Å². The lowest BCUT2D eigenvalue weighted by Gasteiger charge is -1.93. The number of hydrogen-bond acceptors (Lipinski definition) is 3. The van der Waals surface area contributed by atoms with Gasteiger partial charge in [0.15, 0.2) is 6.29 Å². The second-order valence-corrected chi connectivity index (χ2v) is 5.92. The van der Waals surface area contributed by atoms with E-state index >= 15 is 0 Å². The zero-order valence-electron chi connectivity index (χ0n) is 15.9. The van der Waals surface area contributed by atoms with E-state index in [4.69, 9.17) is 0 Å². The van der Waals surface area contributed by atoms with Gasteiger partial charge in [-0.25, -0.2) is 0 Å². The van der Waals surface area contributed by atoms with E-state index in [1.807, 2.05) is 12.2 Å². The van der Waals surface area contributed by atoms with Crippen molar-refractivity contribution in [2.75, 3.05) is 0 Å². The molecule has 4 nitrogen and oxygen atoms in total. The van der Waals surface area contributed by atoms with Gasteiger partial charge < -0.3 is 0 Å². The number of hydrogen-bond donors (Lipinski definition) is 0. The van der Waals surface area contributed by atoms with Gasteiger partial charge in [-0.1, -0.05) is 68.4 Å². The van der Waals surface area contributed by atoms with Gasteiger partial charge in [-0.3, -0.25) is 14.9 Å². The molecule has 0 aromatic heterocycles. The first-order valence-electron chi connectivity index (χ1n) is 9.50. The van der Waals surface area contributed by atoms with E-state index in [1.54, 1.807) is 12.4 Å². The summed E-state index contributed by atoms with van der Waals surface area (Å²) in [6, 6.07) is 0. The highest BCUT2D eigenvalue weighted by molar-refractivity contribution is 5.50. The molecule has 0 aliphatic heterocycles. The van der Waals surface area contributed by atoms with E-state index in [1.165, 1.54) is 25.7 Å². The highest BCUT2D eigenvalue weighted by Gasteiger charge is 2.08. The largest absolute Gasteiger partial charge is 0.291 e. The topological polar surface area (TPSA) is 60.2 Å². The molecule has 0 amide bonds. The van der Waals surface area contributed by atoms with E-state index in [0.717, 1.165) is 19.3 Å². The summed E-state index contributed by atoms with van der Waals surface area (Å²) in [7, 11) is 0. The molecule has 143 valence electrons. The van der Waals surface area contributed by atoms with E-state index in [0.29, 0.717) is 6.42 Å². The van der Waals surface area contributed by atoms with Gasteiger partial charge in [0, 0.05) is 12.8 Å². The third-order valence-corrected chi connectivity index (χ3v) is 3.66. The first kappa shape index (κ1) is 23.8. The van der Waals surface area contributed by atoms with Crippen LogP contribution in [0.25, 0.3) is 0 Å². The SMILES string of the molecule is CCCCC/C=C\C/C=C\C/C=C\C/C=C\C/C=C(\CC[C]=O)[N+](=O)[O-]. The summed E-state index contributed by atoms with van der Waals surface area (Å²) in [5, 5.41) is 10.8. The molecule has 0 aromatic carbocycles. The van der Waals surface area contributed by atoms with Crippen LogP contribution < -0.4 is 0 Å². The zero-order chi connectivity index (χ0) is 19.3. The maximum absolute atomic E-state index is 10.8. The summed E-state index contributed by atoms with van der Waals surface area (Å²) in [5.41, 5.74) is 0.0816. The van der Waals surface area contributed by atoms with Crippen LogP contribution in [0.1, 0.15) is 71.1 Å². The van der Waals surface area contributed by atoms with Crippen molar-refractivity contribution in [3.8, 4) is 0 Å². The average Bonchev–Trinajstić information content (AvgIpc) is 2.63. The molecule has 0 heterocycles. The Kier molecular flexibility index (Phi) is 17.5. The van der Waals surface area contributed by atoms with Crippen molar-refractivity contribution in [1.29, 1.82) is 0 Å². The molecule has 0 aliphatic rings. The quantitative estimate of drug-likeness (QED) is 0.139. The third-order valence-electron chi connectivity index (χ3n) is 3.66. The van der Waals surface area contributed by atoms with Crippen LogP contribution in [-0.2, 0) is 4.79 Å². The van der Waals surface area contributed by atoms with Crippen LogP contribution in [0.2, 0.25) is 0 Å². The first-order chi connectivity index (χ1) is 12.7. The van der Waals surface area contributed by atoms with Crippen LogP contribution in [0.5, 0.6) is 0 Å². The summed E-state index contributed by atoms with van der Waals surface area (Å²) in [5.74, 6) is 0. The smallest absolute Gasteiger partial charge is 0.243 e. The monoisotopic (exact) mass is 358 g/mol. The first-order valence-corrected chi connectivity index (χ1v) is 9.50.